The van der Waals surface area contributed by atoms with Crippen LogP contribution < -0.4 is 10.1 Å². The molecule has 1 saturated heterocycles. The molecule has 0 aliphatic carbocycles. The Kier molecular flexibility index (Phi) is 7.07. The number of ether oxygens (including phenoxy) is 1. The van der Waals surface area contributed by atoms with Crippen molar-refractivity contribution in [3.05, 3.63) is 53.3 Å². The minimum atomic E-state index is 0.0301. The molecule has 1 amide bonds. The van der Waals surface area contributed by atoms with Crippen LogP contribution in [-0.4, -0.2) is 36.0 Å². The molecule has 0 radical (unpaired) electrons. The number of benzene rings is 1. The number of anilines is 1. The summed E-state index contributed by atoms with van der Waals surface area (Å²) in [5, 5.41) is 3.42. The van der Waals surface area contributed by atoms with Gasteiger partial charge in [0, 0.05) is 37.6 Å². The van der Waals surface area contributed by atoms with E-state index in [0.29, 0.717) is 28.8 Å². The number of nitrogens with one attached hydrogen (secondary N) is 1. The maximum atomic E-state index is 12.3. The smallest absolute Gasteiger partial charge is 0.224 e. The normalized spacial score (nSPS) is 17.5. The van der Waals surface area contributed by atoms with Gasteiger partial charge >= 0.3 is 0 Å². The van der Waals surface area contributed by atoms with Crippen LogP contribution in [-0.2, 0) is 11.3 Å². The summed E-state index contributed by atoms with van der Waals surface area (Å²) < 4.78 is 5.13. The van der Waals surface area contributed by atoms with E-state index in [2.05, 4.69) is 27.3 Å². The van der Waals surface area contributed by atoms with Gasteiger partial charge in [0.1, 0.15) is 5.75 Å². The zero-order chi connectivity index (χ0) is 19.1. The van der Waals surface area contributed by atoms with Gasteiger partial charge in [-0.05, 0) is 67.6 Å². The van der Waals surface area contributed by atoms with Crippen molar-refractivity contribution >= 4 is 23.2 Å². The van der Waals surface area contributed by atoms with Gasteiger partial charge in [0.2, 0.25) is 5.91 Å². The van der Waals surface area contributed by atoms with Crippen LogP contribution in [0.25, 0.3) is 0 Å². The van der Waals surface area contributed by atoms with Gasteiger partial charge < -0.3 is 10.1 Å². The molecule has 1 N–H and O–H groups in total. The number of halogens is 1. The fourth-order valence-corrected chi connectivity index (χ4v) is 3.84. The van der Waals surface area contributed by atoms with Crippen LogP contribution in [0, 0.1) is 5.92 Å². The average Bonchev–Trinajstić information content (AvgIpc) is 2.68. The molecule has 0 spiro atoms. The number of piperidine rings is 1. The Morgan fingerprint density at radius 1 is 1.33 bits per heavy atom. The number of amides is 1. The van der Waals surface area contributed by atoms with Crippen LogP contribution in [0.3, 0.4) is 0 Å². The van der Waals surface area contributed by atoms with E-state index in [4.69, 9.17) is 16.3 Å². The second kappa shape index (κ2) is 9.72. The maximum absolute atomic E-state index is 12.3. The number of hydrogen-bond acceptors (Lipinski definition) is 4. The molecule has 0 saturated carbocycles. The molecule has 2 aromatic rings. The van der Waals surface area contributed by atoms with Crippen molar-refractivity contribution in [1.29, 1.82) is 0 Å². The van der Waals surface area contributed by atoms with Gasteiger partial charge in [-0.2, -0.15) is 0 Å². The van der Waals surface area contributed by atoms with Crippen LogP contribution in [0.2, 0.25) is 5.02 Å². The number of nitrogens with zero attached hydrogens (tertiary/aromatic N) is 2. The highest BCUT2D eigenvalue weighted by Crippen LogP contribution is 2.27. The van der Waals surface area contributed by atoms with Gasteiger partial charge in [0.15, 0.2) is 0 Å². The lowest BCUT2D eigenvalue weighted by molar-refractivity contribution is -0.116. The highest BCUT2D eigenvalue weighted by molar-refractivity contribution is 6.32. The first-order chi connectivity index (χ1) is 13.1. The number of carbonyl (C=O) groups excluding carboxylic acids is 1. The Morgan fingerprint density at radius 2 is 2.15 bits per heavy atom. The van der Waals surface area contributed by atoms with Crippen molar-refractivity contribution in [1.82, 2.24) is 9.88 Å². The van der Waals surface area contributed by atoms with Gasteiger partial charge in [-0.3, -0.25) is 14.7 Å². The van der Waals surface area contributed by atoms with E-state index in [9.17, 15) is 4.79 Å². The van der Waals surface area contributed by atoms with Crippen LogP contribution in [0.4, 0.5) is 5.69 Å². The highest BCUT2D eigenvalue weighted by Gasteiger charge is 2.20. The Balaban J connectivity index is 1.45. The van der Waals surface area contributed by atoms with Crippen molar-refractivity contribution in [2.75, 3.05) is 25.5 Å². The first-order valence-electron chi connectivity index (χ1n) is 9.38. The molecule has 1 fully saturated rings. The van der Waals surface area contributed by atoms with Crippen LogP contribution in [0.5, 0.6) is 5.75 Å². The van der Waals surface area contributed by atoms with E-state index in [0.717, 1.165) is 26.1 Å². The molecular formula is C21H26ClN3O2. The SMILES string of the molecule is COc1ccc(NC(=O)CCC2CCCN(Cc3ccncc3)C2)cc1Cl. The third-order valence-electron chi connectivity index (χ3n) is 4.97. The summed E-state index contributed by atoms with van der Waals surface area (Å²) in [5.74, 6) is 1.19. The first-order valence-corrected chi connectivity index (χ1v) is 9.76. The molecule has 6 heteroatoms. The summed E-state index contributed by atoms with van der Waals surface area (Å²) in [5.41, 5.74) is 1.99. The molecule has 144 valence electrons. The summed E-state index contributed by atoms with van der Waals surface area (Å²) in [6.45, 7) is 3.12. The van der Waals surface area contributed by atoms with Crippen molar-refractivity contribution in [2.24, 2.45) is 5.92 Å². The number of likely N-dealkylation sites (tertiary alicyclic amines) is 1. The van der Waals surface area contributed by atoms with E-state index in [1.165, 1.54) is 18.4 Å². The fourth-order valence-electron chi connectivity index (χ4n) is 3.58. The quantitative estimate of drug-likeness (QED) is 0.766. The topological polar surface area (TPSA) is 54.5 Å². The number of pyridine rings is 1. The Hall–Kier alpha value is -2.11. The van der Waals surface area contributed by atoms with E-state index in [-0.39, 0.29) is 5.91 Å². The number of hydrogen-bond donors (Lipinski definition) is 1. The molecular weight excluding hydrogens is 362 g/mol. The van der Waals surface area contributed by atoms with Gasteiger partial charge in [-0.1, -0.05) is 11.6 Å². The summed E-state index contributed by atoms with van der Waals surface area (Å²) >= 11 is 6.11. The van der Waals surface area contributed by atoms with Gasteiger partial charge in [0.05, 0.1) is 12.1 Å². The molecule has 1 atom stereocenters. The minimum absolute atomic E-state index is 0.0301. The zero-order valence-electron chi connectivity index (χ0n) is 15.7. The molecule has 1 aromatic carbocycles. The molecule has 5 nitrogen and oxygen atoms in total. The van der Waals surface area contributed by atoms with Gasteiger partial charge in [-0.25, -0.2) is 0 Å². The molecule has 0 bridgehead atoms. The molecule has 3 rings (SSSR count). The Morgan fingerprint density at radius 3 is 2.89 bits per heavy atom. The molecule has 1 aliphatic rings. The standard InChI is InChI=1S/C21H26ClN3O2/c1-27-20-6-5-18(13-19(20)22)24-21(26)7-4-16-3-2-12-25(14-16)15-17-8-10-23-11-9-17/h5-6,8-11,13,16H,2-4,7,12,14-15H2,1H3,(H,24,26). The second-order valence-electron chi connectivity index (χ2n) is 7.04. The monoisotopic (exact) mass is 387 g/mol. The Labute approximate surface area is 165 Å². The lowest BCUT2D eigenvalue weighted by Gasteiger charge is -2.32. The predicted octanol–water partition coefficient (Wildman–Crippen LogP) is 4.37. The summed E-state index contributed by atoms with van der Waals surface area (Å²) in [6, 6.07) is 9.42. The molecule has 27 heavy (non-hydrogen) atoms. The summed E-state index contributed by atoms with van der Waals surface area (Å²) in [4.78, 5) is 18.8. The first kappa shape index (κ1) is 19.6. The average molecular weight is 388 g/mol. The second-order valence-corrected chi connectivity index (χ2v) is 7.44. The van der Waals surface area contributed by atoms with E-state index in [1.54, 1.807) is 25.3 Å². The number of aromatic nitrogens is 1. The summed E-state index contributed by atoms with van der Waals surface area (Å²) in [7, 11) is 1.57. The zero-order valence-corrected chi connectivity index (χ0v) is 16.4. The summed E-state index contributed by atoms with van der Waals surface area (Å²) in [6.07, 6.45) is 7.49. The van der Waals surface area contributed by atoms with Crippen molar-refractivity contribution in [2.45, 2.75) is 32.2 Å². The van der Waals surface area contributed by atoms with Crippen LogP contribution >= 0.6 is 11.6 Å². The van der Waals surface area contributed by atoms with E-state index in [1.807, 2.05) is 12.4 Å². The molecule has 1 aromatic heterocycles. The largest absolute Gasteiger partial charge is 0.495 e. The lowest BCUT2D eigenvalue weighted by Crippen LogP contribution is -2.35. The van der Waals surface area contributed by atoms with E-state index >= 15 is 0 Å². The molecule has 1 aliphatic heterocycles. The van der Waals surface area contributed by atoms with Crippen LogP contribution in [0.1, 0.15) is 31.2 Å². The highest BCUT2D eigenvalue weighted by atomic mass is 35.5. The number of methoxy groups -OCH3 is 1. The predicted molar refractivity (Wildman–Crippen MR) is 108 cm³/mol. The molecule has 2 heterocycles. The van der Waals surface area contributed by atoms with E-state index < -0.39 is 0 Å². The number of carbonyl (C=O) groups is 1. The third-order valence-corrected chi connectivity index (χ3v) is 5.27. The Bertz CT molecular complexity index is 754. The van der Waals surface area contributed by atoms with Gasteiger partial charge in [0.25, 0.3) is 0 Å². The van der Waals surface area contributed by atoms with Gasteiger partial charge in [-0.15, -0.1) is 0 Å². The third kappa shape index (κ3) is 5.94. The lowest BCUT2D eigenvalue weighted by atomic mass is 9.93. The molecule has 1 unspecified atom stereocenters. The van der Waals surface area contributed by atoms with Crippen molar-refractivity contribution < 1.29 is 9.53 Å². The number of rotatable bonds is 7. The van der Waals surface area contributed by atoms with Crippen LogP contribution in [0.15, 0.2) is 42.7 Å². The van der Waals surface area contributed by atoms with Crippen molar-refractivity contribution in [3.63, 3.8) is 0 Å². The maximum Gasteiger partial charge on any atom is 0.224 e. The minimum Gasteiger partial charge on any atom is -0.495 e. The van der Waals surface area contributed by atoms with Crippen molar-refractivity contribution in [3.8, 4) is 5.75 Å². The fraction of sp³-hybridized carbons (Fsp3) is 0.429.